The van der Waals surface area contributed by atoms with E-state index in [-0.39, 0.29) is 0 Å². The zero-order chi connectivity index (χ0) is 9.84. The van der Waals surface area contributed by atoms with Crippen LogP contribution >= 0.6 is 0 Å². The molecule has 6 heteroatoms. The maximum absolute atomic E-state index is 5.24. The van der Waals surface area contributed by atoms with Gasteiger partial charge in [0.05, 0.1) is 0 Å². The molecule has 0 spiro atoms. The highest BCUT2D eigenvalue weighted by Gasteiger charge is 2.00. The average Bonchev–Trinajstić information content (AvgIpc) is 2.01. The van der Waals surface area contributed by atoms with Gasteiger partial charge in [-0.15, -0.1) is 0 Å². The van der Waals surface area contributed by atoms with E-state index in [1.807, 2.05) is 21.0 Å². The summed E-state index contributed by atoms with van der Waals surface area (Å²) in [4.78, 5) is 8.22. The summed E-state index contributed by atoms with van der Waals surface area (Å²) in [5, 5.41) is 1.79. The monoisotopic (exact) mass is 182 g/mol. The molecule has 0 aromatic carbocycles. The number of anilines is 2. The minimum Gasteiger partial charge on any atom is -0.308 e. The largest absolute Gasteiger partial charge is 0.308 e. The molecule has 0 unspecified atom stereocenters. The molecule has 72 valence electrons. The summed E-state index contributed by atoms with van der Waals surface area (Å²) < 4.78 is 0. The second-order valence-electron chi connectivity index (χ2n) is 2.84. The lowest BCUT2D eigenvalue weighted by atomic mass is 10.5. The van der Waals surface area contributed by atoms with Gasteiger partial charge in [-0.3, -0.25) is 0 Å². The van der Waals surface area contributed by atoms with Crippen molar-refractivity contribution in [3.63, 3.8) is 0 Å². The molecule has 4 N–H and O–H groups in total. The number of rotatable bonds is 3. The summed E-state index contributed by atoms with van der Waals surface area (Å²) in [5.74, 6) is 7.21. The van der Waals surface area contributed by atoms with Crippen molar-refractivity contribution in [2.75, 3.05) is 24.9 Å². The van der Waals surface area contributed by atoms with Crippen LogP contribution in [0.1, 0.15) is 5.82 Å². The first kappa shape index (κ1) is 9.69. The molecule has 0 atom stereocenters. The van der Waals surface area contributed by atoms with E-state index in [9.17, 15) is 0 Å². The summed E-state index contributed by atoms with van der Waals surface area (Å²) in [5.41, 5.74) is 5.48. The van der Waals surface area contributed by atoms with Crippen LogP contribution in [0.3, 0.4) is 0 Å². The van der Waals surface area contributed by atoms with Crippen LogP contribution in [0.5, 0.6) is 0 Å². The van der Waals surface area contributed by atoms with E-state index in [1.165, 1.54) is 0 Å². The van der Waals surface area contributed by atoms with E-state index in [1.54, 1.807) is 11.1 Å². The quantitative estimate of drug-likeness (QED) is 0.449. The lowest BCUT2D eigenvalue weighted by molar-refractivity contribution is 0.492. The Kier molecular flexibility index (Phi) is 2.99. The van der Waals surface area contributed by atoms with Gasteiger partial charge in [0.25, 0.3) is 0 Å². The van der Waals surface area contributed by atoms with Crippen molar-refractivity contribution in [2.24, 2.45) is 5.84 Å². The van der Waals surface area contributed by atoms with Gasteiger partial charge < -0.3 is 10.9 Å². The molecular weight excluding hydrogens is 168 g/mol. The van der Waals surface area contributed by atoms with Crippen LogP contribution < -0.4 is 16.7 Å². The predicted octanol–water partition coefficient (Wildman–Crippen LogP) is -0.0409. The van der Waals surface area contributed by atoms with Crippen molar-refractivity contribution in [2.45, 2.75) is 6.92 Å². The number of hydrazine groups is 2. The number of nitrogen functional groups attached to an aromatic ring is 1. The number of aryl methyl sites for hydroxylation is 1. The van der Waals surface area contributed by atoms with Gasteiger partial charge in [-0.05, 0) is 6.92 Å². The first-order valence-corrected chi connectivity index (χ1v) is 3.88. The molecular formula is C7H14N6. The highest BCUT2D eigenvalue weighted by atomic mass is 15.5. The van der Waals surface area contributed by atoms with Crippen molar-refractivity contribution in [3.8, 4) is 0 Å². The molecule has 0 bridgehead atoms. The Bertz CT molecular complexity index is 284. The molecule has 1 heterocycles. The predicted molar refractivity (Wildman–Crippen MR) is 51.9 cm³/mol. The van der Waals surface area contributed by atoms with Crippen molar-refractivity contribution in [3.05, 3.63) is 11.9 Å². The highest BCUT2D eigenvalue weighted by Crippen LogP contribution is 2.09. The number of hydrogen-bond donors (Lipinski definition) is 3. The molecule has 0 amide bonds. The summed E-state index contributed by atoms with van der Waals surface area (Å²) >= 11 is 0. The smallest absolute Gasteiger partial charge is 0.146 e. The van der Waals surface area contributed by atoms with Gasteiger partial charge >= 0.3 is 0 Å². The van der Waals surface area contributed by atoms with Crippen molar-refractivity contribution < 1.29 is 0 Å². The summed E-state index contributed by atoms with van der Waals surface area (Å²) in [7, 11) is 3.76. The third-order valence-corrected chi connectivity index (χ3v) is 1.32. The number of nitrogens with zero attached hydrogens (tertiary/aromatic N) is 3. The molecule has 1 aromatic rings. The number of aromatic nitrogens is 2. The standard InChI is InChI=1S/C7H14N6/c1-5-9-6(11-8)4-7(10-5)12-13(2)3/h4H,8H2,1-3H3,(H2,9,10,11,12). The van der Waals surface area contributed by atoms with E-state index in [0.717, 1.165) is 0 Å². The normalized spacial score (nSPS) is 10.2. The third kappa shape index (κ3) is 2.85. The van der Waals surface area contributed by atoms with E-state index in [0.29, 0.717) is 17.5 Å². The highest BCUT2D eigenvalue weighted by molar-refractivity contribution is 5.45. The van der Waals surface area contributed by atoms with Gasteiger partial charge in [0.2, 0.25) is 0 Å². The molecule has 0 radical (unpaired) electrons. The third-order valence-electron chi connectivity index (χ3n) is 1.32. The molecule has 0 saturated carbocycles. The SMILES string of the molecule is Cc1nc(NN)cc(NN(C)C)n1. The van der Waals surface area contributed by atoms with Crippen LogP contribution in [0.2, 0.25) is 0 Å². The molecule has 0 saturated heterocycles. The average molecular weight is 182 g/mol. The summed E-state index contributed by atoms with van der Waals surface area (Å²) in [6.07, 6.45) is 0. The van der Waals surface area contributed by atoms with Crippen LogP contribution in [-0.4, -0.2) is 29.1 Å². The van der Waals surface area contributed by atoms with Gasteiger partial charge in [-0.1, -0.05) is 0 Å². The fourth-order valence-electron chi connectivity index (χ4n) is 0.928. The van der Waals surface area contributed by atoms with Gasteiger partial charge in [-0.25, -0.2) is 20.8 Å². The van der Waals surface area contributed by atoms with Crippen LogP contribution in [0.4, 0.5) is 11.6 Å². The van der Waals surface area contributed by atoms with Gasteiger partial charge in [0.15, 0.2) is 0 Å². The first-order valence-electron chi connectivity index (χ1n) is 3.88. The Morgan fingerprint density at radius 2 is 1.92 bits per heavy atom. The Labute approximate surface area is 77.1 Å². The number of nitrogens with two attached hydrogens (primary N) is 1. The maximum Gasteiger partial charge on any atom is 0.146 e. The van der Waals surface area contributed by atoms with E-state index >= 15 is 0 Å². The number of hydrogen-bond acceptors (Lipinski definition) is 6. The van der Waals surface area contributed by atoms with Crippen molar-refractivity contribution in [1.82, 2.24) is 15.0 Å². The zero-order valence-electron chi connectivity index (χ0n) is 8.00. The van der Waals surface area contributed by atoms with Crippen LogP contribution in [0, 0.1) is 6.92 Å². The van der Waals surface area contributed by atoms with E-state index in [4.69, 9.17) is 5.84 Å². The first-order chi connectivity index (χ1) is 6.11. The zero-order valence-corrected chi connectivity index (χ0v) is 8.00. The topological polar surface area (TPSA) is 79.1 Å². The summed E-state index contributed by atoms with van der Waals surface area (Å²) in [6, 6.07) is 1.73. The summed E-state index contributed by atoms with van der Waals surface area (Å²) in [6.45, 7) is 1.81. The van der Waals surface area contributed by atoms with E-state index in [2.05, 4.69) is 20.8 Å². The Balaban J connectivity index is 2.88. The molecule has 6 nitrogen and oxygen atoms in total. The molecule has 0 aliphatic carbocycles. The fourth-order valence-corrected chi connectivity index (χ4v) is 0.928. The van der Waals surface area contributed by atoms with Crippen molar-refractivity contribution >= 4 is 11.6 Å². The lowest BCUT2D eigenvalue weighted by Crippen LogP contribution is -2.21. The van der Waals surface area contributed by atoms with E-state index < -0.39 is 0 Å². The lowest BCUT2D eigenvalue weighted by Gasteiger charge is -2.13. The molecule has 0 aliphatic rings. The molecule has 1 aromatic heterocycles. The Morgan fingerprint density at radius 3 is 2.46 bits per heavy atom. The second-order valence-corrected chi connectivity index (χ2v) is 2.84. The maximum atomic E-state index is 5.24. The van der Waals surface area contributed by atoms with Gasteiger partial charge in [0.1, 0.15) is 17.5 Å². The second kappa shape index (κ2) is 4.01. The molecule has 13 heavy (non-hydrogen) atoms. The van der Waals surface area contributed by atoms with Gasteiger partial charge in [0, 0.05) is 20.2 Å². The molecule has 0 aliphatic heterocycles. The van der Waals surface area contributed by atoms with Gasteiger partial charge in [-0.2, -0.15) is 0 Å². The van der Waals surface area contributed by atoms with Crippen LogP contribution in [0.25, 0.3) is 0 Å². The minimum absolute atomic E-state index is 0.594. The fraction of sp³-hybridized carbons (Fsp3) is 0.429. The van der Waals surface area contributed by atoms with Crippen molar-refractivity contribution in [1.29, 1.82) is 0 Å². The molecule has 1 rings (SSSR count). The van der Waals surface area contributed by atoms with Crippen LogP contribution in [0.15, 0.2) is 6.07 Å². The van der Waals surface area contributed by atoms with Crippen LogP contribution in [-0.2, 0) is 0 Å². The minimum atomic E-state index is 0.594. The Hall–Kier alpha value is -1.40. The Morgan fingerprint density at radius 1 is 1.31 bits per heavy atom. The molecule has 0 fully saturated rings. The number of nitrogens with one attached hydrogen (secondary N) is 2.